The van der Waals surface area contributed by atoms with E-state index in [2.05, 4.69) is 41.7 Å². The van der Waals surface area contributed by atoms with Crippen LogP contribution in [0.5, 0.6) is 0 Å². The lowest BCUT2D eigenvalue weighted by molar-refractivity contribution is 0.0962. The number of halogens is 5. The largest absolute Gasteiger partial charge is 0.355 e. The fraction of sp³-hybridized carbons (Fsp3) is 0.0588. The van der Waals surface area contributed by atoms with E-state index in [-0.39, 0.29) is 52.9 Å². The van der Waals surface area contributed by atoms with Gasteiger partial charge in [0.25, 0.3) is 11.8 Å². The standard InChI is InChI=1S/C17H10BrCl4N5O2/c1-23-16(28)7-4-6(19)5-8(20)10(7)11-12(21)14(18)25-15(13(11)22)26-17(29)9-2-3-24-27-9/h2-5H,1H3,(H,23,28)(H,24,27)(H,25,26,29). The molecule has 150 valence electrons. The SMILES string of the molecule is CNC(=O)c1cc(Cl)cc(Cl)c1-c1c(Cl)c(Br)nc(NC(=O)c2ccn[nH]2)c1Cl. The molecule has 0 spiro atoms. The Bertz CT molecular complexity index is 1120. The number of hydrogen-bond donors (Lipinski definition) is 3. The summed E-state index contributed by atoms with van der Waals surface area (Å²) in [5, 5.41) is 11.8. The third-order valence-electron chi connectivity index (χ3n) is 3.79. The highest BCUT2D eigenvalue weighted by Crippen LogP contribution is 2.46. The van der Waals surface area contributed by atoms with Gasteiger partial charge in [-0.1, -0.05) is 46.4 Å². The molecule has 3 N–H and O–H groups in total. The molecule has 0 bridgehead atoms. The van der Waals surface area contributed by atoms with Crippen LogP contribution in [0.2, 0.25) is 20.1 Å². The molecule has 3 rings (SSSR count). The molecule has 7 nitrogen and oxygen atoms in total. The van der Waals surface area contributed by atoms with E-state index in [1.54, 1.807) is 0 Å². The smallest absolute Gasteiger partial charge is 0.274 e. The molecule has 0 aliphatic heterocycles. The van der Waals surface area contributed by atoms with Crippen LogP contribution in [0.15, 0.2) is 29.0 Å². The summed E-state index contributed by atoms with van der Waals surface area (Å²) < 4.78 is 0.187. The van der Waals surface area contributed by atoms with Gasteiger partial charge in [-0.05, 0) is 34.1 Å². The highest BCUT2D eigenvalue weighted by atomic mass is 79.9. The summed E-state index contributed by atoms with van der Waals surface area (Å²) in [4.78, 5) is 28.9. The monoisotopic (exact) mass is 535 g/mol. The highest BCUT2D eigenvalue weighted by molar-refractivity contribution is 9.10. The van der Waals surface area contributed by atoms with E-state index in [0.717, 1.165) is 0 Å². The maximum absolute atomic E-state index is 12.4. The molecule has 0 saturated heterocycles. The van der Waals surface area contributed by atoms with E-state index in [0.29, 0.717) is 0 Å². The zero-order valence-electron chi connectivity index (χ0n) is 14.4. The number of rotatable bonds is 4. The Balaban J connectivity index is 2.22. The molecule has 0 fully saturated rings. The van der Waals surface area contributed by atoms with Crippen LogP contribution in [0.25, 0.3) is 11.1 Å². The number of nitrogens with zero attached hydrogens (tertiary/aromatic N) is 2. The summed E-state index contributed by atoms with van der Waals surface area (Å²) in [5.41, 5.74) is 0.796. The van der Waals surface area contributed by atoms with E-state index in [1.165, 1.54) is 31.4 Å². The summed E-state index contributed by atoms with van der Waals surface area (Å²) in [6.07, 6.45) is 1.43. The summed E-state index contributed by atoms with van der Waals surface area (Å²) in [5.74, 6) is -0.968. The van der Waals surface area contributed by atoms with Crippen LogP contribution in [-0.2, 0) is 0 Å². The van der Waals surface area contributed by atoms with Gasteiger partial charge >= 0.3 is 0 Å². The van der Waals surface area contributed by atoms with Crippen molar-refractivity contribution in [2.24, 2.45) is 0 Å². The van der Waals surface area contributed by atoms with Gasteiger partial charge in [0.15, 0.2) is 5.82 Å². The molecule has 0 atom stereocenters. The van der Waals surface area contributed by atoms with Crippen LogP contribution in [-0.4, -0.2) is 34.0 Å². The maximum atomic E-state index is 12.4. The lowest BCUT2D eigenvalue weighted by atomic mass is 9.99. The molecule has 0 radical (unpaired) electrons. The summed E-state index contributed by atoms with van der Waals surface area (Å²) in [7, 11) is 1.46. The van der Waals surface area contributed by atoms with Crippen molar-refractivity contribution >= 4 is 80.0 Å². The highest BCUT2D eigenvalue weighted by Gasteiger charge is 2.26. The number of nitrogens with one attached hydrogen (secondary N) is 3. The van der Waals surface area contributed by atoms with Gasteiger partial charge in [-0.2, -0.15) is 5.10 Å². The first-order valence-electron chi connectivity index (χ1n) is 7.81. The van der Waals surface area contributed by atoms with E-state index >= 15 is 0 Å². The average molecular weight is 538 g/mol. The zero-order valence-corrected chi connectivity index (χ0v) is 19.0. The number of carbonyl (C=O) groups is 2. The molecule has 1 aromatic carbocycles. The van der Waals surface area contributed by atoms with E-state index in [9.17, 15) is 9.59 Å². The lowest BCUT2D eigenvalue weighted by Gasteiger charge is -2.17. The topological polar surface area (TPSA) is 99.8 Å². The average Bonchev–Trinajstić information content (AvgIpc) is 3.21. The van der Waals surface area contributed by atoms with E-state index < -0.39 is 11.8 Å². The Morgan fingerprint density at radius 2 is 1.79 bits per heavy atom. The van der Waals surface area contributed by atoms with Gasteiger partial charge in [-0.3, -0.25) is 14.7 Å². The summed E-state index contributed by atoms with van der Waals surface area (Å²) >= 11 is 28.6. The number of pyridine rings is 1. The number of benzene rings is 1. The van der Waals surface area contributed by atoms with Crippen LogP contribution in [0, 0.1) is 0 Å². The number of H-pyrrole nitrogens is 1. The van der Waals surface area contributed by atoms with E-state index in [4.69, 9.17) is 46.4 Å². The van der Waals surface area contributed by atoms with Gasteiger partial charge in [0, 0.05) is 29.4 Å². The van der Waals surface area contributed by atoms with Gasteiger partial charge in [0.1, 0.15) is 10.3 Å². The van der Waals surface area contributed by atoms with Gasteiger partial charge in [-0.25, -0.2) is 4.98 Å². The summed E-state index contributed by atoms with van der Waals surface area (Å²) in [6.45, 7) is 0. The van der Waals surface area contributed by atoms with Gasteiger partial charge < -0.3 is 10.6 Å². The summed E-state index contributed by atoms with van der Waals surface area (Å²) in [6, 6.07) is 4.37. The Morgan fingerprint density at radius 1 is 1.07 bits per heavy atom. The zero-order chi connectivity index (χ0) is 21.3. The molecule has 2 aromatic heterocycles. The van der Waals surface area contributed by atoms with Crippen LogP contribution >= 0.6 is 62.3 Å². The normalized spacial score (nSPS) is 10.7. The predicted octanol–water partition coefficient (Wildman–Crippen LogP) is 5.46. The van der Waals surface area contributed by atoms with Crippen LogP contribution < -0.4 is 10.6 Å². The minimum atomic E-state index is -0.522. The van der Waals surface area contributed by atoms with Crippen molar-refractivity contribution in [1.82, 2.24) is 20.5 Å². The molecule has 29 heavy (non-hydrogen) atoms. The van der Waals surface area contributed by atoms with Crippen LogP contribution in [0.4, 0.5) is 5.82 Å². The van der Waals surface area contributed by atoms with Crippen molar-refractivity contribution in [2.75, 3.05) is 12.4 Å². The minimum absolute atomic E-state index is 0.00594. The molecule has 0 aliphatic rings. The van der Waals surface area contributed by atoms with Crippen molar-refractivity contribution < 1.29 is 9.59 Å². The fourth-order valence-corrected chi connectivity index (χ4v) is 4.04. The minimum Gasteiger partial charge on any atom is -0.355 e. The Morgan fingerprint density at radius 3 is 2.41 bits per heavy atom. The molecule has 0 aliphatic carbocycles. The number of amides is 2. The van der Waals surface area contributed by atoms with Gasteiger partial charge in [0.2, 0.25) is 0 Å². The second-order valence-electron chi connectivity index (χ2n) is 5.57. The third kappa shape index (κ3) is 4.36. The van der Waals surface area contributed by atoms with Crippen molar-refractivity contribution in [3.8, 4) is 11.1 Å². The van der Waals surface area contributed by atoms with E-state index in [1.807, 2.05) is 0 Å². The molecule has 2 heterocycles. The van der Waals surface area contributed by atoms with Crippen LogP contribution in [0.1, 0.15) is 20.8 Å². The van der Waals surface area contributed by atoms with Crippen molar-refractivity contribution in [1.29, 1.82) is 0 Å². The van der Waals surface area contributed by atoms with Crippen molar-refractivity contribution in [2.45, 2.75) is 0 Å². The quantitative estimate of drug-likeness (QED) is 0.385. The Hall–Kier alpha value is -1.84. The molecular formula is C17H10BrCl4N5O2. The van der Waals surface area contributed by atoms with Gasteiger partial charge in [0.05, 0.1) is 20.6 Å². The molecule has 2 amide bonds. The molecular weight excluding hydrogens is 528 g/mol. The second-order valence-corrected chi connectivity index (χ2v) is 7.92. The first-order valence-corrected chi connectivity index (χ1v) is 10.1. The third-order valence-corrected chi connectivity index (χ3v) is 5.85. The molecule has 0 unspecified atom stereocenters. The van der Waals surface area contributed by atoms with Crippen molar-refractivity contribution in [3.05, 3.63) is 60.3 Å². The number of carbonyl (C=O) groups excluding carboxylic acids is 2. The fourth-order valence-electron chi connectivity index (χ4n) is 2.52. The molecule has 12 heteroatoms. The Labute approximate surface area is 193 Å². The van der Waals surface area contributed by atoms with Crippen LogP contribution in [0.3, 0.4) is 0 Å². The number of anilines is 1. The first kappa shape index (κ1) is 21.9. The number of hydrogen-bond acceptors (Lipinski definition) is 4. The predicted molar refractivity (Wildman–Crippen MR) is 117 cm³/mol. The molecule has 3 aromatic rings. The Kier molecular flexibility index (Phi) is 6.70. The maximum Gasteiger partial charge on any atom is 0.274 e. The molecule has 0 saturated carbocycles. The lowest BCUT2D eigenvalue weighted by Crippen LogP contribution is -2.19. The number of aromatic amines is 1. The van der Waals surface area contributed by atoms with Gasteiger partial charge in [-0.15, -0.1) is 0 Å². The number of aromatic nitrogens is 3. The first-order chi connectivity index (χ1) is 13.7. The second kappa shape index (κ2) is 8.89. The van der Waals surface area contributed by atoms with Crippen molar-refractivity contribution in [3.63, 3.8) is 0 Å².